The van der Waals surface area contributed by atoms with E-state index >= 15 is 0 Å². The summed E-state index contributed by atoms with van der Waals surface area (Å²) in [6.45, 7) is 2.01. The molecule has 0 rings (SSSR count). The van der Waals surface area contributed by atoms with Gasteiger partial charge in [0.2, 0.25) is 0 Å². The fourth-order valence-corrected chi connectivity index (χ4v) is 0.950. The van der Waals surface area contributed by atoms with Crippen molar-refractivity contribution in [2.45, 2.75) is 26.2 Å². The molecule has 0 aliphatic rings. The monoisotopic (exact) mass is 161 g/mol. The highest BCUT2D eigenvalue weighted by atomic mass is 16.7. The second kappa shape index (κ2) is 6.12. The lowest BCUT2D eigenvalue weighted by Crippen LogP contribution is -2.17. The van der Waals surface area contributed by atoms with Gasteiger partial charge in [0.1, 0.15) is 0 Å². The minimum atomic E-state index is -0.461. The van der Waals surface area contributed by atoms with Gasteiger partial charge in [0.05, 0.1) is 6.42 Å². The van der Waals surface area contributed by atoms with Crippen molar-refractivity contribution < 1.29 is 14.7 Å². The maximum Gasteiger partial charge on any atom is 0.324 e. The molecule has 0 aromatic carbocycles. The highest BCUT2D eigenvalue weighted by Gasteiger charge is 2.12. The Bertz CT molecular complexity index is 116. The van der Waals surface area contributed by atoms with Gasteiger partial charge in [-0.15, -0.1) is 0 Å². The summed E-state index contributed by atoms with van der Waals surface area (Å²) in [5.74, 6) is 4.18. The standard InChI is InChI=1S/C7H15NO3/c1-2-3-6(5-9)4-7(10)11-8/h6,9H,2-5,8H2,1H3. The van der Waals surface area contributed by atoms with Crippen LogP contribution in [0, 0.1) is 5.92 Å². The highest BCUT2D eigenvalue weighted by Crippen LogP contribution is 2.10. The molecule has 0 aliphatic heterocycles. The summed E-state index contributed by atoms with van der Waals surface area (Å²) >= 11 is 0. The molecule has 66 valence electrons. The summed E-state index contributed by atoms with van der Waals surface area (Å²) in [6.07, 6.45) is 1.98. The van der Waals surface area contributed by atoms with Crippen molar-refractivity contribution in [3.63, 3.8) is 0 Å². The second-order valence-electron chi connectivity index (χ2n) is 2.53. The molecule has 0 heterocycles. The Morgan fingerprint density at radius 1 is 1.73 bits per heavy atom. The van der Waals surface area contributed by atoms with E-state index in [1.165, 1.54) is 0 Å². The Balaban J connectivity index is 3.58. The van der Waals surface area contributed by atoms with Gasteiger partial charge in [-0.1, -0.05) is 13.3 Å². The van der Waals surface area contributed by atoms with Crippen LogP contribution in [0.4, 0.5) is 0 Å². The predicted molar refractivity (Wildman–Crippen MR) is 40.4 cm³/mol. The lowest BCUT2D eigenvalue weighted by molar-refractivity contribution is -0.145. The summed E-state index contributed by atoms with van der Waals surface area (Å²) in [4.78, 5) is 14.6. The van der Waals surface area contributed by atoms with E-state index < -0.39 is 5.97 Å². The van der Waals surface area contributed by atoms with Crippen LogP contribution in [0.25, 0.3) is 0 Å². The zero-order valence-corrected chi connectivity index (χ0v) is 6.75. The van der Waals surface area contributed by atoms with Crippen molar-refractivity contribution in [3.8, 4) is 0 Å². The van der Waals surface area contributed by atoms with E-state index in [4.69, 9.17) is 5.11 Å². The Morgan fingerprint density at radius 3 is 2.73 bits per heavy atom. The average molecular weight is 161 g/mol. The van der Waals surface area contributed by atoms with Gasteiger partial charge in [-0.05, 0) is 12.3 Å². The van der Waals surface area contributed by atoms with Gasteiger partial charge < -0.3 is 9.94 Å². The predicted octanol–water partition coefficient (Wildman–Crippen LogP) is 0.202. The molecule has 0 saturated carbocycles. The van der Waals surface area contributed by atoms with Gasteiger partial charge in [0, 0.05) is 6.61 Å². The number of rotatable bonds is 5. The highest BCUT2D eigenvalue weighted by molar-refractivity contribution is 5.69. The molecule has 0 aliphatic carbocycles. The third-order valence-corrected chi connectivity index (χ3v) is 1.54. The lowest BCUT2D eigenvalue weighted by atomic mass is 10.0. The number of aliphatic hydroxyl groups is 1. The Hall–Kier alpha value is -0.610. The minimum absolute atomic E-state index is 0.00366. The van der Waals surface area contributed by atoms with E-state index in [9.17, 15) is 4.79 Å². The summed E-state index contributed by atoms with van der Waals surface area (Å²) in [5.41, 5.74) is 0. The summed E-state index contributed by atoms with van der Waals surface area (Å²) in [6, 6.07) is 0. The van der Waals surface area contributed by atoms with Gasteiger partial charge in [0.25, 0.3) is 0 Å². The molecule has 1 unspecified atom stereocenters. The molecule has 4 heteroatoms. The largest absolute Gasteiger partial charge is 0.396 e. The molecule has 0 aromatic rings. The van der Waals surface area contributed by atoms with E-state index in [1.807, 2.05) is 6.92 Å². The third kappa shape index (κ3) is 4.75. The second-order valence-corrected chi connectivity index (χ2v) is 2.53. The molecule has 0 aromatic heterocycles. The fourth-order valence-electron chi connectivity index (χ4n) is 0.950. The Morgan fingerprint density at radius 2 is 2.36 bits per heavy atom. The number of carbonyl (C=O) groups is 1. The molecule has 3 N–H and O–H groups in total. The van der Waals surface area contributed by atoms with E-state index in [0.29, 0.717) is 0 Å². The van der Waals surface area contributed by atoms with Gasteiger partial charge in [-0.25, -0.2) is 0 Å². The molecule has 0 saturated heterocycles. The molecule has 0 amide bonds. The first-order valence-electron chi connectivity index (χ1n) is 3.75. The van der Waals surface area contributed by atoms with Crippen LogP contribution in [0.15, 0.2) is 0 Å². The van der Waals surface area contributed by atoms with Crippen LogP contribution in [0.3, 0.4) is 0 Å². The topological polar surface area (TPSA) is 72.5 Å². The van der Waals surface area contributed by atoms with Crippen LogP contribution in [0.2, 0.25) is 0 Å². The number of nitrogens with two attached hydrogens (primary N) is 1. The summed E-state index contributed by atoms with van der Waals surface area (Å²) in [7, 11) is 0. The molecular weight excluding hydrogens is 146 g/mol. The average Bonchev–Trinajstić information content (AvgIpc) is 2.03. The van der Waals surface area contributed by atoms with Crippen LogP contribution in [0.5, 0.6) is 0 Å². The van der Waals surface area contributed by atoms with Crippen LogP contribution in [-0.4, -0.2) is 17.7 Å². The van der Waals surface area contributed by atoms with Gasteiger partial charge in [-0.3, -0.25) is 4.79 Å². The first kappa shape index (κ1) is 10.4. The van der Waals surface area contributed by atoms with E-state index in [-0.39, 0.29) is 18.9 Å². The van der Waals surface area contributed by atoms with Crippen molar-refractivity contribution in [1.29, 1.82) is 0 Å². The number of hydrogen-bond donors (Lipinski definition) is 2. The van der Waals surface area contributed by atoms with Crippen LogP contribution in [0.1, 0.15) is 26.2 Å². The zero-order chi connectivity index (χ0) is 8.69. The summed E-state index contributed by atoms with van der Waals surface area (Å²) < 4.78 is 0. The van der Waals surface area contributed by atoms with Gasteiger partial charge in [-0.2, -0.15) is 5.90 Å². The lowest BCUT2D eigenvalue weighted by Gasteiger charge is -2.09. The number of aliphatic hydroxyl groups excluding tert-OH is 1. The van der Waals surface area contributed by atoms with Crippen molar-refractivity contribution in [2.24, 2.45) is 11.8 Å². The smallest absolute Gasteiger partial charge is 0.324 e. The molecule has 0 radical (unpaired) electrons. The molecular formula is C7H15NO3. The van der Waals surface area contributed by atoms with Crippen molar-refractivity contribution >= 4 is 5.97 Å². The minimum Gasteiger partial charge on any atom is -0.396 e. The molecule has 0 bridgehead atoms. The zero-order valence-electron chi connectivity index (χ0n) is 6.75. The molecule has 0 fully saturated rings. The molecule has 1 atom stereocenters. The van der Waals surface area contributed by atoms with Gasteiger partial charge in [0.15, 0.2) is 0 Å². The SMILES string of the molecule is CCCC(CO)CC(=O)ON. The number of hydrogen-bond acceptors (Lipinski definition) is 4. The Kier molecular flexibility index (Phi) is 5.78. The van der Waals surface area contributed by atoms with E-state index in [2.05, 4.69) is 10.7 Å². The van der Waals surface area contributed by atoms with Crippen molar-refractivity contribution in [2.75, 3.05) is 6.61 Å². The van der Waals surface area contributed by atoms with Crippen LogP contribution >= 0.6 is 0 Å². The fraction of sp³-hybridized carbons (Fsp3) is 0.857. The van der Waals surface area contributed by atoms with Crippen molar-refractivity contribution in [3.05, 3.63) is 0 Å². The maximum absolute atomic E-state index is 10.6. The van der Waals surface area contributed by atoms with E-state index in [0.717, 1.165) is 12.8 Å². The van der Waals surface area contributed by atoms with Crippen LogP contribution < -0.4 is 5.90 Å². The third-order valence-electron chi connectivity index (χ3n) is 1.54. The van der Waals surface area contributed by atoms with Gasteiger partial charge >= 0.3 is 5.97 Å². The quantitative estimate of drug-likeness (QED) is 0.565. The van der Waals surface area contributed by atoms with E-state index in [1.54, 1.807) is 0 Å². The molecule has 0 spiro atoms. The first-order valence-corrected chi connectivity index (χ1v) is 3.75. The number of carbonyl (C=O) groups excluding carboxylic acids is 1. The normalized spacial score (nSPS) is 12.6. The Labute approximate surface area is 66.3 Å². The molecule has 4 nitrogen and oxygen atoms in total. The molecule has 11 heavy (non-hydrogen) atoms. The summed E-state index contributed by atoms with van der Waals surface area (Å²) in [5, 5.41) is 8.75. The van der Waals surface area contributed by atoms with Crippen LogP contribution in [-0.2, 0) is 9.63 Å². The maximum atomic E-state index is 10.6. The van der Waals surface area contributed by atoms with Crippen molar-refractivity contribution in [1.82, 2.24) is 0 Å². The first-order chi connectivity index (χ1) is 5.24.